The van der Waals surface area contributed by atoms with Gasteiger partial charge in [0.25, 0.3) is 0 Å². The highest BCUT2D eigenvalue weighted by Crippen LogP contribution is 2.38. The fourth-order valence-electron chi connectivity index (χ4n) is 3.98. The molecule has 0 bridgehead atoms. The molecule has 3 atom stereocenters. The Balaban J connectivity index is 1.77. The summed E-state index contributed by atoms with van der Waals surface area (Å²) in [6.07, 6.45) is 10.5. The van der Waals surface area contributed by atoms with Gasteiger partial charge in [-0.05, 0) is 43.9 Å². The first-order valence-electron chi connectivity index (χ1n) is 8.30. The van der Waals surface area contributed by atoms with Gasteiger partial charge >= 0.3 is 0 Å². The van der Waals surface area contributed by atoms with E-state index in [1.165, 1.54) is 44.9 Å². The Morgan fingerprint density at radius 3 is 2.42 bits per heavy atom. The first-order valence-corrected chi connectivity index (χ1v) is 8.30. The van der Waals surface area contributed by atoms with Crippen molar-refractivity contribution in [3.05, 3.63) is 0 Å². The summed E-state index contributed by atoms with van der Waals surface area (Å²) in [4.78, 5) is 15.0. The number of nitrogens with zero attached hydrogens (tertiary/aromatic N) is 1. The van der Waals surface area contributed by atoms with Crippen molar-refractivity contribution in [3.8, 4) is 0 Å². The molecule has 3 nitrogen and oxygen atoms in total. The summed E-state index contributed by atoms with van der Waals surface area (Å²) in [5.41, 5.74) is 0. The Morgan fingerprint density at radius 1 is 1.21 bits per heavy atom. The zero-order valence-corrected chi connectivity index (χ0v) is 12.4. The van der Waals surface area contributed by atoms with Crippen LogP contribution in [0, 0.1) is 11.8 Å². The summed E-state index contributed by atoms with van der Waals surface area (Å²) in [6, 6.07) is 0.621. The molecule has 3 aliphatic rings. The number of hydrogen-bond donors (Lipinski definition) is 1. The van der Waals surface area contributed by atoms with Crippen LogP contribution < -0.4 is 5.32 Å². The predicted octanol–water partition coefficient (Wildman–Crippen LogP) is 2.90. The van der Waals surface area contributed by atoms with Crippen LogP contribution in [0.25, 0.3) is 0 Å². The Morgan fingerprint density at radius 2 is 1.89 bits per heavy atom. The lowest BCUT2D eigenvalue weighted by molar-refractivity contribution is -0.135. The van der Waals surface area contributed by atoms with E-state index in [1.54, 1.807) is 0 Å². The summed E-state index contributed by atoms with van der Waals surface area (Å²) in [7, 11) is 0. The molecule has 1 N–H and O–H groups in total. The van der Waals surface area contributed by atoms with Crippen LogP contribution in [0.15, 0.2) is 0 Å². The number of carbonyl (C=O) groups excluding carboxylic acids is 1. The van der Waals surface area contributed by atoms with E-state index in [1.807, 2.05) is 0 Å². The minimum atomic E-state index is 0.0798. The second-order valence-electron chi connectivity index (χ2n) is 6.85. The molecular formula is C16H28N2O. The number of rotatable bonds is 4. The van der Waals surface area contributed by atoms with E-state index in [9.17, 15) is 4.79 Å². The van der Waals surface area contributed by atoms with Crippen LogP contribution >= 0.6 is 0 Å². The molecule has 0 aromatic rings. The van der Waals surface area contributed by atoms with Crippen LogP contribution in [0.2, 0.25) is 0 Å². The molecule has 3 heteroatoms. The minimum absolute atomic E-state index is 0.0798. The van der Waals surface area contributed by atoms with Crippen molar-refractivity contribution >= 4 is 5.91 Å². The van der Waals surface area contributed by atoms with Crippen LogP contribution in [-0.4, -0.2) is 29.1 Å². The maximum Gasteiger partial charge on any atom is 0.241 e. The number of hydrogen-bond acceptors (Lipinski definition) is 2. The number of amides is 1. The average molecular weight is 264 g/mol. The topological polar surface area (TPSA) is 32.3 Å². The van der Waals surface area contributed by atoms with E-state index in [4.69, 9.17) is 0 Å². The largest absolute Gasteiger partial charge is 0.323 e. The normalized spacial score (nSPS) is 34.8. The second kappa shape index (κ2) is 5.43. The monoisotopic (exact) mass is 264 g/mol. The molecule has 0 aromatic heterocycles. The molecule has 1 heterocycles. The maximum absolute atomic E-state index is 12.8. The fraction of sp³-hybridized carbons (Fsp3) is 0.938. The van der Waals surface area contributed by atoms with Crippen LogP contribution in [0.1, 0.15) is 65.2 Å². The first-order chi connectivity index (χ1) is 9.22. The van der Waals surface area contributed by atoms with Crippen molar-refractivity contribution in [1.29, 1.82) is 0 Å². The molecule has 108 valence electrons. The Hall–Kier alpha value is -0.570. The van der Waals surface area contributed by atoms with Gasteiger partial charge in [0.15, 0.2) is 0 Å². The molecular weight excluding hydrogens is 236 g/mol. The van der Waals surface area contributed by atoms with E-state index in [0.717, 1.165) is 6.42 Å². The van der Waals surface area contributed by atoms with Crippen molar-refractivity contribution in [2.75, 3.05) is 0 Å². The molecule has 1 saturated heterocycles. The molecule has 1 amide bonds. The highest BCUT2D eigenvalue weighted by atomic mass is 16.2. The summed E-state index contributed by atoms with van der Waals surface area (Å²) < 4.78 is 0. The van der Waals surface area contributed by atoms with Crippen LogP contribution in [0.3, 0.4) is 0 Å². The molecule has 2 aliphatic carbocycles. The summed E-state index contributed by atoms with van der Waals surface area (Å²) in [6.45, 7) is 4.40. The second-order valence-corrected chi connectivity index (χ2v) is 6.85. The van der Waals surface area contributed by atoms with Gasteiger partial charge in [-0.1, -0.05) is 33.1 Å². The molecule has 2 saturated carbocycles. The van der Waals surface area contributed by atoms with Crippen molar-refractivity contribution in [1.82, 2.24) is 10.2 Å². The number of nitrogens with one attached hydrogen (secondary N) is 1. The first kappa shape index (κ1) is 13.4. The molecule has 3 unspecified atom stereocenters. The van der Waals surface area contributed by atoms with E-state index in [-0.39, 0.29) is 6.04 Å². The highest BCUT2D eigenvalue weighted by Gasteiger charge is 2.48. The van der Waals surface area contributed by atoms with E-state index >= 15 is 0 Å². The lowest BCUT2D eigenvalue weighted by Gasteiger charge is -2.40. The molecule has 19 heavy (non-hydrogen) atoms. The van der Waals surface area contributed by atoms with Gasteiger partial charge < -0.3 is 4.90 Å². The average Bonchev–Trinajstić information content (AvgIpc) is 2.96. The van der Waals surface area contributed by atoms with E-state index in [0.29, 0.717) is 30.0 Å². The van der Waals surface area contributed by atoms with Crippen LogP contribution in [0.4, 0.5) is 0 Å². The molecule has 0 aromatic carbocycles. The SMILES string of the molecule is CCC(C)C1NC(C2CCCC2)N(C2CCC2)C1=O. The fourth-order valence-corrected chi connectivity index (χ4v) is 3.98. The van der Waals surface area contributed by atoms with E-state index < -0.39 is 0 Å². The highest BCUT2D eigenvalue weighted by molar-refractivity contribution is 5.85. The van der Waals surface area contributed by atoms with Gasteiger partial charge in [-0.15, -0.1) is 0 Å². The smallest absolute Gasteiger partial charge is 0.241 e. The summed E-state index contributed by atoms with van der Waals surface area (Å²) in [5.74, 6) is 1.57. The molecule has 3 rings (SSSR count). The van der Waals surface area contributed by atoms with Crippen LogP contribution in [-0.2, 0) is 4.79 Å². The van der Waals surface area contributed by atoms with Crippen molar-refractivity contribution < 1.29 is 4.79 Å². The van der Waals surface area contributed by atoms with Crippen molar-refractivity contribution in [2.45, 2.75) is 83.5 Å². The van der Waals surface area contributed by atoms with Gasteiger partial charge in [0, 0.05) is 6.04 Å². The van der Waals surface area contributed by atoms with Gasteiger partial charge in [-0.25, -0.2) is 0 Å². The minimum Gasteiger partial charge on any atom is -0.323 e. The Kier molecular flexibility index (Phi) is 3.84. The number of carbonyl (C=O) groups is 1. The van der Waals surface area contributed by atoms with Crippen molar-refractivity contribution in [3.63, 3.8) is 0 Å². The quantitative estimate of drug-likeness (QED) is 0.847. The third kappa shape index (κ3) is 2.31. The van der Waals surface area contributed by atoms with Gasteiger partial charge in [0.1, 0.15) is 0 Å². The molecule has 0 spiro atoms. The van der Waals surface area contributed by atoms with Gasteiger partial charge in [0.2, 0.25) is 5.91 Å². The zero-order valence-electron chi connectivity index (χ0n) is 12.4. The summed E-state index contributed by atoms with van der Waals surface area (Å²) in [5, 5.41) is 3.71. The lowest BCUT2D eigenvalue weighted by Crippen LogP contribution is -2.50. The molecule has 1 aliphatic heterocycles. The van der Waals surface area contributed by atoms with Crippen LogP contribution in [0.5, 0.6) is 0 Å². The Bertz CT molecular complexity index is 334. The molecule has 3 fully saturated rings. The lowest BCUT2D eigenvalue weighted by atomic mass is 9.89. The van der Waals surface area contributed by atoms with E-state index in [2.05, 4.69) is 24.1 Å². The Labute approximate surface area is 117 Å². The third-order valence-electron chi connectivity index (χ3n) is 5.70. The van der Waals surface area contributed by atoms with Crippen molar-refractivity contribution in [2.24, 2.45) is 11.8 Å². The zero-order chi connectivity index (χ0) is 13.4. The van der Waals surface area contributed by atoms with Gasteiger partial charge in [-0.3, -0.25) is 10.1 Å². The molecule has 0 radical (unpaired) electrons. The standard InChI is InChI=1S/C16H28N2O/c1-3-11(2)14-16(19)18(13-9-6-10-13)15(17-14)12-7-4-5-8-12/h11-15,17H,3-10H2,1-2H3. The summed E-state index contributed by atoms with van der Waals surface area (Å²) >= 11 is 0. The van der Waals surface area contributed by atoms with Gasteiger partial charge in [-0.2, -0.15) is 0 Å². The third-order valence-corrected chi connectivity index (χ3v) is 5.70. The van der Waals surface area contributed by atoms with Gasteiger partial charge in [0.05, 0.1) is 12.2 Å². The maximum atomic E-state index is 12.8. The predicted molar refractivity (Wildman–Crippen MR) is 76.6 cm³/mol.